The van der Waals surface area contributed by atoms with Gasteiger partial charge in [-0.05, 0) is 30.9 Å². The normalized spacial score (nSPS) is 24.5. The summed E-state index contributed by atoms with van der Waals surface area (Å²) in [4.78, 5) is 83.7. The van der Waals surface area contributed by atoms with Gasteiger partial charge in [-0.2, -0.15) is 4.98 Å². The quantitative estimate of drug-likeness (QED) is 0.0364. The number of aliphatic hydroxyl groups is 1. The van der Waals surface area contributed by atoms with E-state index in [0.29, 0.717) is 12.8 Å². The number of nitrogens with one attached hydrogen (secondary N) is 1. The lowest BCUT2D eigenvalue weighted by atomic mass is 10.1. The number of hydrogen-bond acceptors (Lipinski definition) is 19. The number of carbonyl (C=O) groups excluding carboxylic acids is 2. The molecule has 2 aliphatic rings. The van der Waals surface area contributed by atoms with Gasteiger partial charge in [0.1, 0.15) is 48.7 Å². The molecule has 5 heterocycles. The molecular weight excluding hydrogens is 838 g/mol. The molecule has 60 heavy (non-hydrogen) atoms. The molecule has 0 aliphatic carbocycles. The van der Waals surface area contributed by atoms with Crippen LogP contribution < -0.4 is 28.2 Å². The van der Waals surface area contributed by atoms with Crippen LogP contribution in [0.5, 0.6) is 0 Å². The number of anilines is 2. The average Bonchev–Trinajstić information content (AvgIpc) is 3.92. The molecule has 0 saturated carbocycles. The van der Waals surface area contributed by atoms with Crippen molar-refractivity contribution >= 4 is 50.3 Å². The van der Waals surface area contributed by atoms with Crippen LogP contribution in [0.15, 0.2) is 60.0 Å². The summed E-state index contributed by atoms with van der Waals surface area (Å²) in [7, 11) is -10.0. The van der Waals surface area contributed by atoms with Crippen molar-refractivity contribution in [3.05, 3.63) is 71.3 Å². The highest BCUT2D eigenvalue weighted by Crippen LogP contribution is 2.56. The van der Waals surface area contributed by atoms with Crippen LogP contribution in [0.25, 0.3) is 11.2 Å². The van der Waals surface area contributed by atoms with Gasteiger partial charge in [0.05, 0.1) is 31.3 Å². The number of phosphoric acid groups is 1. The van der Waals surface area contributed by atoms with Crippen molar-refractivity contribution in [3.63, 3.8) is 0 Å². The van der Waals surface area contributed by atoms with E-state index in [4.69, 9.17) is 40.7 Å². The van der Waals surface area contributed by atoms with Crippen molar-refractivity contribution in [2.24, 2.45) is 5.73 Å². The van der Waals surface area contributed by atoms with Crippen LogP contribution in [0.2, 0.25) is 0 Å². The number of aliphatic hydroxyl groups excluding tert-OH is 1. The Labute approximate surface area is 339 Å². The van der Waals surface area contributed by atoms with Gasteiger partial charge in [0.25, 0.3) is 0 Å². The zero-order valence-corrected chi connectivity index (χ0v) is 33.4. The number of carbonyl (C=O) groups is 2. The van der Waals surface area contributed by atoms with Crippen LogP contribution in [-0.2, 0) is 48.5 Å². The number of aromatic nitrogens is 6. The van der Waals surface area contributed by atoms with E-state index in [2.05, 4.69) is 29.8 Å². The van der Waals surface area contributed by atoms with Crippen LogP contribution in [0.1, 0.15) is 43.7 Å². The van der Waals surface area contributed by atoms with Gasteiger partial charge in [-0.15, -0.1) is 0 Å². The lowest BCUT2D eigenvalue weighted by Gasteiger charge is -2.26. The number of ether oxygens (including phenoxy) is 4. The molecule has 326 valence electrons. The van der Waals surface area contributed by atoms with E-state index < -0.39 is 101 Å². The molecule has 2 aliphatic heterocycles. The smallest absolute Gasteiger partial charge is 0.455 e. The summed E-state index contributed by atoms with van der Waals surface area (Å²) in [6, 6.07) is 9.18. The van der Waals surface area contributed by atoms with Gasteiger partial charge in [0.15, 0.2) is 23.8 Å². The van der Waals surface area contributed by atoms with Gasteiger partial charge in [0, 0.05) is 19.2 Å². The average molecular weight is 883 g/mol. The number of amides is 1. The van der Waals surface area contributed by atoms with Gasteiger partial charge >= 0.3 is 33.2 Å². The molecule has 0 radical (unpaired) electrons. The highest BCUT2D eigenvalue weighted by Gasteiger charge is 2.52. The highest BCUT2D eigenvalue weighted by molar-refractivity contribution is 7.53. The minimum absolute atomic E-state index is 0.0203. The summed E-state index contributed by atoms with van der Waals surface area (Å²) in [6.45, 7) is -1.37. The predicted octanol–water partition coefficient (Wildman–Crippen LogP) is -0.191. The molecule has 1 aromatic carbocycles. The molecular formula is C33H44N10O15P2. The summed E-state index contributed by atoms with van der Waals surface area (Å²) in [5, 5.41) is 14.2. The van der Waals surface area contributed by atoms with E-state index in [-0.39, 0.29) is 42.4 Å². The molecule has 11 N–H and O–H groups in total. The second-order valence-corrected chi connectivity index (χ2v) is 17.0. The summed E-state index contributed by atoms with van der Waals surface area (Å²) in [5.41, 5.74) is 16.4. The third kappa shape index (κ3) is 11.1. The van der Waals surface area contributed by atoms with Gasteiger partial charge < -0.3 is 65.8 Å². The number of hydrogen-bond donors (Lipinski definition) is 8. The van der Waals surface area contributed by atoms with Gasteiger partial charge in [-0.25, -0.2) is 29.1 Å². The predicted molar refractivity (Wildman–Crippen MR) is 205 cm³/mol. The van der Waals surface area contributed by atoms with Crippen molar-refractivity contribution in [1.29, 1.82) is 0 Å². The second kappa shape index (κ2) is 19.2. The number of phosphoric ester groups is 1. The van der Waals surface area contributed by atoms with Gasteiger partial charge in [0.2, 0.25) is 0 Å². The first-order chi connectivity index (χ1) is 28.5. The van der Waals surface area contributed by atoms with Crippen LogP contribution in [0.4, 0.5) is 16.4 Å². The lowest BCUT2D eigenvalue weighted by molar-refractivity contribution is -0.158. The van der Waals surface area contributed by atoms with Crippen molar-refractivity contribution in [2.45, 2.75) is 80.9 Å². The Morgan fingerprint density at radius 2 is 1.73 bits per heavy atom. The van der Waals surface area contributed by atoms with E-state index in [9.17, 15) is 43.3 Å². The summed E-state index contributed by atoms with van der Waals surface area (Å²) >= 11 is 0. The van der Waals surface area contributed by atoms with Crippen molar-refractivity contribution in [3.8, 4) is 0 Å². The molecule has 0 bridgehead atoms. The fourth-order valence-corrected chi connectivity index (χ4v) is 8.47. The number of nitrogens with two attached hydrogens (primary N) is 3. The minimum atomic E-state index is -5.10. The van der Waals surface area contributed by atoms with E-state index in [1.807, 2.05) is 30.3 Å². The largest absolute Gasteiger partial charge is 0.469 e. The zero-order chi connectivity index (χ0) is 43.2. The molecule has 1 unspecified atom stereocenters. The summed E-state index contributed by atoms with van der Waals surface area (Å²) in [5.74, 6) is -1.04. The number of unbranched alkanes of at least 4 members (excludes halogenated alkanes) is 1. The maximum absolute atomic E-state index is 13.9. The monoisotopic (exact) mass is 882 g/mol. The summed E-state index contributed by atoms with van der Waals surface area (Å²) < 4.78 is 60.5. The maximum Gasteiger partial charge on any atom is 0.469 e. The van der Waals surface area contributed by atoms with Crippen LogP contribution in [-0.4, -0.2) is 117 Å². The summed E-state index contributed by atoms with van der Waals surface area (Å²) in [6.07, 6.45) is -5.30. The van der Waals surface area contributed by atoms with Crippen molar-refractivity contribution in [2.75, 3.05) is 31.2 Å². The highest BCUT2D eigenvalue weighted by atomic mass is 31.2. The van der Waals surface area contributed by atoms with Crippen LogP contribution in [0.3, 0.4) is 0 Å². The second-order valence-electron chi connectivity index (χ2n) is 13.8. The third-order valence-electron chi connectivity index (χ3n) is 9.57. The molecule has 1 amide bonds. The molecule has 6 rings (SSSR count). The van der Waals surface area contributed by atoms with Crippen LogP contribution in [0, 0.1) is 0 Å². The van der Waals surface area contributed by atoms with E-state index >= 15 is 0 Å². The fourth-order valence-electron chi connectivity index (χ4n) is 6.55. The number of benzene rings is 1. The standard InChI is InChI=1S/C33H44N10O15P2/c34-19(8-4-5-10-37-33(47)53-13-18-6-2-1-3-7-18)31(45)58-27-21(57-30(26(27)44)43-17-40-25-28(36)38-16-39-29(25)43)15-54-59(48,49)22-12-24(42-11-9-23(35)41-32(42)46)56-20(22)14-55-60(50,51)52/h1-3,6-7,9,11,16-17,19-22,24,26-27,30,44H,4-5,8,10,12-15,34H2,(H,37,47)(H,48,49)(H2,35,41,46)(H2,36,38,39)(H2,50,51,52)/t19-,20+,21+,22-,24+,26+,27+,30+/m0/s1. The Morgan fingerprint density at radius 3 is 2.47 bits per heavy atom. The fraction of sp³-hybridized carbons (Fsp3) is 0.485. The zero-order valence-electron chi connectivity index (χ0n) is 31.6. The molecule has 9 atom stereocenters. The van der Waals surface area contributed by atoms with Gasteiger partial charge in [-0.1, -0.05) is 30.3 Å². The molecule has 3 aromatic heterocycles. The Bertz CT molecular complexity index is 2280. The van der Waals surface area contributed by atoms with Crippen molar-refractivity contribution < 1.29 is 66.5 Å². The Balaban J connectivity index is 1.12. The molecule has 4 aromatic rings. The Morgan fingerprint density at radius 1 is 0.983 bits per heavy atom. The molecule has 0 spiro atoms. The molecule has 2 saturated heterocycles. The van der Waals surface area contributed by atoms with Crippen molar-refractivity contribution in [1.82, 2.24) is 34.4 Å². The number of alkyl carbamates (subject to hydrolysis) is 1. The number of imidazole rings is 1. The number of rotatable bonds is 18. The number of fused-ring (bicyclic) bond motifs is 1. The topological polar surface area (TPSA) is 373 Å². The van der Waals surface area contributed by atoms with E-state index in [0.717, 1.165) is 16.5 Å². The number of nitrogen functional groups attached to an aromatic ring is 2. The number of esters is 1. The lowest BCUT2D eigenvalue weighted by Crippen LogP contribution is -2.43. The van der Waals surface area contributed by atoms with Crippen LogP contribution >= 0.6 is 15.4 Å². The first kappa shape index (κ1) is 44.6. The maximum atomic E-state index is 13.9. The minimum Gasteiger partial charge on any atom is -0.455 e. The van der Waals surface area contributed by atoms with E-state index in [1.54, 1.807) is 0 Å². The Kier molecular flexibility index (Phi) is 14.3. The van der Waals surface area contributed by atoms with E-state index in [1.165, 1.54) is 23.2 Å². The Hall–Kier alpha value is -4.91. The van der Waals surface area contributed by atoms with Gasteiger partial charge in [-0.3, -0.25) is 23.0 Å². The first-order valence-electron chi connectivity index (χ1n) is 18.3. The molecule has 27 heteroatoms. The third-order valence-corrected chi connectivity index (χ3v) is 12.0. The molecule has 2 fully saturated rings. The SMILES string of the molecule is Nc1ccn([C@H]2C[C@H](P(=O)(O)OC[C@H]3O[C@@H](n4cnc5c(N)ncnc54)[C@H](O)[C@@H]3OC(=O)[C@@H](N)CCCCNC(=O)OCc3ccccc3)[C@@H](COP(=O)(O)O)O2)c(=O)n1. The number of nitrogens with zero attached hydrogens (tertiary/aromatic N) is 6. The first-order valence-corrected chi connectivity index (χ1v) is 21.5. The molecule has 25 nitrogen and oxygen atoms in total.